The molecule has 6 nitrogen and oxygen atoms in total. The van der Waals surface area contributed by atoms with Gasteiger partial charge in [-0.25, -0.2) is 17.6 Å². The van der Waals surface area contributed by atoms with Crippen molar-refractivity contribution >= 4 is 33.3 Å². The number of anilines is 1. The Kier molecular flexibility index (Phi) is 6.55. The molecule has 0 saturated carbocycles. The van der Waals surface area contributed by atoms with E-state index in [1.54, 1.807) is 6.07 Å². The van der Waals surface area contributed by atoms with Gasteiger partial charge in [0.1, 0.15) is 16.8 Å². The van der Waals surface area contributed by atoms with Crippen LogP contribution in [-0.2, 0) is 14.8 Å². The van der Waals surface area contributed by atoms with Crippen LogP contribution in [0.1, 0.15) is 10.4 Å². The number of benzene rings is 2. The Bertz CT molecular complexity index is 1000. The molecule has 2 aromatic rings. The Balaban J connectivity index is 2.52. The maximum atomic E-state index is 13.2. The van der Waals surface area contributed by atoms with E-state index < -0.39 is 28.4 Å². The van der Waals surface area contributed by atoms with Gasteiger partial charge in [0.25, 0.3) is 10.0 Å². The minimum absolute atomic E-state index is 0.0779. The van der Waals surface area contributed by atoms with Crippen LogP contribution in [-0.4, -0.2) is 27.5 Å². The van der Waals surface area contributed by atoms with Crippen LogP contribution < -0.4 is 4.31 Å². The van der Waals surface area contributed by atoms with Gasteiger partial charge in [0, 0.05) is 0 Å². The first-order chi connectivity index (χ1) is 12.8. The highest BCUT2D eigenvalue weighted by atomic mass is 35.5. The van der Waals surface area contributed by atoms with Crippen LogP contribution in [0, 0.1) is 17.1 Å². The highest BCUT2D eigenvalue weighted by Gasteiger charge is 2.28. The lowest BCUT2D eigenvalue weighted by Crippen LogP contribution is -2.31. The van der Waals surface area contributed by atoms with E-state index in [4.69, 9.17) is 16.9 Å². The molecule has 0 aliphatic carbocycles. The number of halogens is 2. The van der Waals surface area contributed by atoms with Crippen LogP contribution in [0.5, 0.6) is 0 Å². The minimum atomic E-state index is -4.20. The maximum absolute atomic E-state index is 13.2. The molecule has 0 fully saturated rings. The first-order valence-corrected chi connectivity index (χ1v) is 9.36. The largest absolute Gasteiger partial charge is 0.447 e. The molecule has 0 aliphatic heterocycles. The Morgan fingerprint density at radius 1 is 1.30 bits per heavy atom. The lowest BCUT2D eigenvalue weighted by atomic mass is 10.2. The zero-order valence-electron chi connectivity index (χ0n) is 13.9. The number of carbonyl (C=O) groups excluding carboxylic acids is 1. The second kappa shape index (κ2) is 8.66. The molecule has 9 heteroatoms. The number of hydrogen-bond acceptors (Lipinski definition) is 5. The Labute approximate surface area is 161 Å². The van der Waals surface area contributed by atoms with Crippen molar-refractivity contribution in [2.45, 2.75) is 4.90 Å². The summed E-state index contributed by atoms with van der Waals surface area (Å²) in [6.45, 7) is 2.96. The summed E-state index contributed by atoms with van der Waals surface area (Å²) in [5, 5.41) is 8.37. The topological polar surface area (TPSA) is 87.5 Å². The molecule has 2 rings (SSSR count). The standard InChI is InChI=1S/C18H14ClFN2O4S/c1-2-10-22(15-6-4-14(20)5-7-15)27(24,25)17-12-13(3-8-16(17)19)18(23)26-11-9-21/h2-8,12H,1,10-11H2. The van der Waals surface area contributed by atoms with Crippen molar-refractivity contribution in [3.63, 3.8) is 0 Å². The summed E-state index contributed by atoms with van der Waals surface area (Å²) in [6.07, 6.45) is 1.36. The summed E-state index contributed by atoms with van der Waals surface area (Å²) in [5.41, 5.74) is 0.121. The molecule has 0 saturated heterocycles. The van der Waals surface area contributed by atoms with Crippen molar-refractivity contribution in [3.05, 3.63) is 71.5 Å². The number of hydrogen-bond donors (Lipinski definition) is 0. The number of rotatable bonds is 7. The van der Waals surface area contributed by atoms with Crippen molar-refractivity contribution < 1.29 is 22.3 Å². The first-order valence-electron chi connectivity index (χ1n) is 7.54. The zero-order valence-corrected chi connectivity index (χ0v) is 15.5. The average molecular weight is 409 g/mol. The van der Waals surface area contributed by atoms with Gasteiger partial charge in [-0.1, -0.05) is 17.7 Å². The lowest BCUT2D eigenvalue weighted by molar-refractivity contribution is 0.0554. The lowest BCUT2D eigenvalue weighted by Gasteiger charge is -2.24. The number of esters is 1. The molecule has 0 unspecified atom stereocenters. The minimum Gasteiger partial charge on any atom is -0.447 e. The van der Waals surface area contributed by atoms with Crippen molar-refractivity contribution in [2.75, 3.05) is 17.5 Å². The highest BCUT2D eigenvalue weighted by Crippen LogP contribution is 2.29. The fourth-order valence-corrected chi connectivity index (χ4v) is 4.13. The number of nitrogens with zero attached hydrogens (tertiary/aromatic N) is 2. The number of sulfonamides is 1. The summed E-state index contributed by atoms with van der Waals surface area (Å²) < 4.78 is 45.1. The van der Waals surface area contributed by atoms with Crippen molar-refractivity contribution in [2.24, 2.45) is 0 Å². The molecule has 27 heavy (non-hydrogen) atoms. The van der Waals surface area contributed by atoms with Gasteiger partial charge in [-0.15, -0.1) is 6.58 Å². The molecule has 0 N–H and O–H groups in total. The molecule has 0 aromatic heterocycles. The van der Waals surface area contributed by atoms with E-state index in [9.17, 15) is 17.6 Å². The Hall–Kier alpha value is -2.89. The summed E-state index contributed by atoms with van der Waals surface area (Å²) in [5.74, 6) is -1.38. The molecule has 0 heterocycles. The van der Waals surface area contributed by atoms with Crippen LogP contribution in [0.15, 0.2) is 60.0 Å². The van der Waals surface area contributed by atoms with E-state index >= 15 is 0 Å². The molecule has 0 spiro atoms. The smallest absolute Gasteiger partial charge is 0.339 e. The van der Waals surface area contributed by atoms with E-state index in [-0.39, 0.29) is 27.7 Å². The predicted molar refractivity (Wildman–Crippen MR) is 98.5 cm³/mol. The molecular formula is C18H14ClFN2O4S. The van der Waals surface area contributed by atoms with Gasteiger partial charge in [0.2, 0.25) is 0 Å². The second-order valence-electron chi connectivity index (χ2n) is 5.18. The van der Waals surface area contributed by atoms with Crippen LogP contribution >= 0.6 is 11.6 Å². The highest BCUT2D eigenvalue weighted by molar-refractivity contribution is 7.93. The summed E-state index contributed by atoms with van der Waals surface area (Å²) >= 11 is 6.05. The van der Waals surface area contributed by atoms with Crippen molar-refractivity contribution in [1.29, 1.82) is 5.26 Å². The van der Waals surface area contributed by atoms with Crippen LogP contribution in [0.3, 0.4) is 0 Å². The van der Waals surface area contributed by atoms with Crippen molar-refractivity contribution in [3.8, 4) is 6.07 Å². The van der Waals surface area contributed by atoms with Gasteiger partial charge in [-0.3, -0.25) is 4.31 Å². The fourth-order valence-electron chi connectivity index (χ4n) is 2.19. The molecule has 0 aliphatic rings. The van der Waals surface area contributed by atoms with Crippen molar-refractivity contribution in [1.82, 2.24) is 0 Å². The fraction of sp³-hybridized carbons (Fsp3) is 0.111. The molecule has 0 bridgehead atoms. The average Bonchev–Trinajstić information content (AvgIpc) is 2.65. The van der Waals surface area contributed by atoms with E-state index in [0.717, 1.165) is 22.5 Å². The number of carbonyl (C=O) groups is 1. The second-order valence-corrected chi connectivity index (χ2v) is 7.42. The van der Waals surface area contributed by atoms with Gasteiger partial charge in [0.15, 0.2) is 6.61 Å². The van der Waals surface area contributed by atoms with Gasteiger partial charge in [-0.2, -0.15) is 5.26 Å². The quantitative estimate of drug-likeness (QED) is 0.516. The normalized spacial score (nSPS) is 10.7. The number of nitriles is 1. The van der Waals surface area contributed by atoms with Gasteiger partial charge in [-0.05, 0) is 42.5 Å². The summed E-state index contributed by atoms with van der Waals surface area (Å²) in [4.78, 5) is 11.6. The number of ether oxygens (including phenoxy) is 1. The Morgan fingerprint density at radius 2 is 1.96 bits per heavy atom. The monoisotopic (exact) mass is 408 g/mol. The van der Waals surface area contributed by atoms with Gasteiger partial charge < -0.3 is 4.74 Å². The van der Waals surface area contributed by atoms with Crippen LogP contribution in [0.4, 0.5) is 10.1 Å². The van der Waals surface area contributed by atoms with E-state index in [1.807, 2.05) is 0 Å². The van der Waals surface area contributed by atoms with Gasteiger partial charge >= 0.3 is 5.97 Å². The van der Waals surface area contributed by atoms with Crippen LogP contribution in [0.2, 0.25) is 5.02 Å². The molecule has 0 atom stereocenters. The van der Waals surface area contributed by atoms with E-state index in [0.29, 0.717) is 0 Å². The maximum Gasteiger partial charge on any atom is 0.339 e. The molecule has 0 radical (unpaired) electrons. The molecule has 140 valence electrons. The zero-order chi connectivity index (χ0) is 20.0. The third-order valence-corrected chi connectivity index (χ3v) is 5.69. The first kappa shape index (κ1) is 20.4. The molecular weight excluding hydrogens is 395 g/mol. The predicted octanol–water partition coefficient (Wildman–Crippen LogP) is 3.54. The summed E-state index contributed by atoms with van der Waals surface area (Å²) in [7, 11) is -4.20. The Morgan fingerprint density at radius 3 is 2.56 bits per heavy atom. The third-order valence-electron chi connectivity index (χ3n) is 3.41. The van der Waals surface area contributed by atoms with Gasteiger partial charge in [0.05, 0.1) is 22.8 Å². The molecule has 2 aromatic carbocycles. The van der Waals surface area contributed by atoms with Crippen LogP contribution in [0.25, 0.3) is 0 Å². The third kappa shape index (κ3) is 4.64. The van der Waals surface area contributed by atoms with E-state index in [1.165, 1.54) is 30.3 Å². The van der Waals surface area contributed by atoms with E-state index in [2.05, 4.69) is 11.3 Å². The SMILES string of the molecule is C=CCN(c1ccc(F)cc1)S(=O)(=O)c1cc(C(=O)OCC#N)ccc1Cl. The summed E-state index contributed by atoms with van der Waals surface area (Å²) in [6, 6.07) is 10.1. The molecule has 0 amide bonds.